The van der Waals surface area contributed by atoms with E-state index in [1.807, 2.05) is 18.2 Å². The standard InChI is InChI=1S/C16H12BBrF2O2/c18-11-12-6-8-14(9-7-12)16-10-15(21-17(19,20)22-16)13-4-2-1-3-5-13/h1-10H,11H2. The summed E-state index contributed by atoms with van der Waals surface area (Å²) >= 11 is 3.35. The molecule has 3 rings (SSSR count). The second-order valence-electron chi connectivity index (χ2n) is 4.84. The van der Waals surface area contributed by atoms with Crippen molar-refractivity contribution in [2.75, 3.05) is 0 Å². The molecule has 112 valence electrons. The van der Waals surface area contributed by atoms with E-state index in [-0.39, 0.29) is 11.5 Å². The van der Waals surface area contributed by atoms with Gasteiger partial charge in [-0.2, -0.15) is 0 Å². The summed E-state index contributed by atoms with van der Waals surface area (Å²) in [4.78, 5) is 0. The van der Waals surface area contributed by atoms with E-state index in [0.29, 0.717) is 16.5 Å². The van der Waals surface area contributed by atoms with Gasteiger partial charge in [0, 0.05) is 10.9 Å². The van der Waals surface area contributed by atoms with Crippen molar-refractivity contribution in [1.82, 2.24) is 0 Å². The number of benzene rings is 2. The van der Waals surface area contributed by atoms with E-state index in [4.69, 9.17) is 9.00 Å². The molecule has 0 saturated carbocycles. The van der Waals surface area contributed by atoms with Crippen molar-refractivity contribution in [3.05, 3.63) is 77.4 Å². The molecule has 0 spiro atoms. The molecule has 1 aliphatic rings. The summed E-state index contributed by atoms with van der Waals surface area (Å²) in [5.41, 5.74) is 2.23. The van der Waals surface area contributed by atoms with Crippen LogP contribution in [0.1, 0.15) is 21.0 Å². The van der Waals surface area contributed by atoms with Crippen LogP contribution >= 0.6 is 15.9 Å². The van der Waals surface area contributed by atoms with Crippen LogP contribution in [0.3, 0.4) is 0 Å². The van der Waals surface area contributed by atoms with Gasteiger partial charge in [-0.15, -0.1) is 0 Å². The van der Waals surface area contributed by atoms with E-state index in [1.165, 1.54) is 6.08 Å². The second kappa shape index (κ2) is 6.05. The molecule has 0 atom stereocenters. The van der Waals surface area contributed by atoms with Crippen LogP contribution in [-0.2, 0) is 9.98 Å². The zero-order valence-corrected chi connectivity index (χ0v) is 13.1. The van der Waals surface area contributed by atoms with Crippen molar-refractivity contribution >= 4 is 34.6 Å². The molecule has 2 aromatic carbocycles. The number of hydrogen-bond acceptors (Lipinski definition) is 1. The number of hydrogen-bond donors (Lipinski definition) is 0. The van der Waals surface area contributed by atoms with Crippen LogP contribution < -0.4 is 0 Å². The summed E-state index contributed by atoms with van der Waals surface area (Å²) in [5.74, 6) is 0.215. The van der Waals surface area contributed by atoms with Gasteiger partial charge >= 0.3 is 7.11 Å². The zero-order chi connectivity index (χ0) is 15.6. The highest BCUT2D eigenvalue weighted by Gasteiger charge is 2.53. The van der Waals surface area contributed by atoms with Crippen LogP contribution in [0.15, 0.2) is 60.7 Å². The highest BCUT2D eigenvalue weighted by molar-refractivity contribution is 9.08. The minimum atomic E-state index is -4.38. The Morgan fingerprint density at radius 1 is 0.955 bits per heavy atom. The fourth-order valence-electron chi connectivity index (χ4n) is 2.17. The Kier molecular flexibility index (Phi) is 4.11. The molecule has 6 heteroatoms. The fourth-order valence-corrected chi connectivity index (χ4v) is 2.54. The van der Waals surface area contributed by atoms with Gasteiger partial charge in [0.1, 0.15) is 0 Å². The highest BCUT2D eigenvalue weighted by atomic mass is 79.9. The third-order valence-electron chi connectivity index (χ3n) is 3.24. The smallest absolute Gasteiger partial charge is 0.569 e. The molecule has 0 aliphatic carbocycles. The van der Waals surface area contributed by atoms with Gasteiger partial charge in [0.15, 0.2) is 0 Å². The van der Waals surface area contributed by atoms with Crippen molar-refractivity contribution in [2.45, 2.75) is 5.33 Å². The van der Waals surface area contributed by atoms with E-state index >= 15 is 0 Å². The summed E-state index contributed by atoms with van der Waals surface area (Å²) < 4.78 is 37.0. The molecule has 0 saturated heterocycles. The largest absolute Gasteiger partial charge is 0.995 e. The third-order valence-corrected chi connectivity index (χ3v) is 3.89. The normalized spacial score (nSPS) is 16.5. The van der Waals surface area contributed by atoms with Crippen molar-refractivity contribution in [2.24, 2.45) is 0 Å². The maximum atomic E-state index is 13.8. The lowest BCUT2D eigenvalue weighted by molar-refractivity contribution is -0.183. The molecule has 1 aliphatic heterocycles. The molecular formula is C16H12BBrF2O2. The van der Waals surface area contributed by atoms with Gasteiger partial charge in [-0.05, 0) is 17.7 Å². The Hall–Kier alpha value is -1.95. The third kappa shape index (κ3) is 3.27. The van der Waals surface area contributed by atoms with Gasteiger partial charge in [0.2, 0.25) is 0 Å². The predicted molar refractivity (Wildman–Crippen MR) is 86.9 cm³/mol. The monoisotopic (exact) mass is 364 g/mol. The maximum Gasteiger partial charge on any atom is 0.995 e. The minimum Gasteiger partial charge on any atom is -0.569 e. The quantitative estimate of drug-likeness (QED) is 0.437. The summed E-state index contributed by atoms with van der Waals surface area (Å²) in [6.07, 6.45) is 1.50. The van der Waals surface area contributed by atoms with Gasteiger partial charge in [-0.3, -0.25) is 0 Å². The van der Waals surface area contributed by atoms with Crippen molar-refractivity contribution < 1.29 is 17.6 Å². The number of halogens is 3. The molecule has 1 heterocycles. The number of allylic oxidation sites excluding steroid dienone is 1. The molecule has 0 amide bonds. The van der Waals surface area contributed by atoms with Crippen molar-refractivity contribution in [3.63, 3.8) is 0 Å². The average Bonchev–Trinajstić information content (AvgIpc) is 2.54. The van der Waals surface area contributed by atoms with Crippen molar-refractivity contribution in [1.29, 1.82) is 0 Å². The Morgan fingerprint density at radius 2 is 1.64 bits per heavy atom. The first-order chi connectivity index (χ1) is 10.6. The fraction of sp³-hybridized carbons (Fsp3) is 0.0625. The highest BCUT2D eigenvalue weighted by Crippen LogP contribution is 2.29. The van der Waals surface area contributed by atoms with E-state index < -0.39 is 7.11 Å². The summed E-state index contributed by atoms with van der Waals surface area (Å²) in [6, 6.07) is 16.0. The van der Waals surface area contributed by atoms with Crippen LogP contribution in [0, 0.1) is 0 Å². The van der Waals surface area contributed by atoms with Gasteiger partial charge in [0.05, 0.1) is 17.4 Å². The van der Waals surface area contributed by atoms with Crippen LogP contribution in [0.5, 0.6) is 0 Å². The average molecular weight is 365 g/mol. The van der Waals surface area contributed by atoms with Crippen LogP contribution in [0.2, 0.25) is 0 Å². The van der Waals surface area contributed by atoms with E-state index in [2.05, 4.69) is 15.9 Å². The molecule has 0 N–H and O–H groups in total. The van der Waals surface area contributed by atoms with Crippen LogP contribution in [0.25, 0.3) is 5.76 Å². The number of alkyl halides is 1. The maximum absolute atomic E-state index is 13.8. The molecule has 0 bridgehead atoms. The molecule has 0 fully saturated rings. The van der Waals surface area contributed by atoms with Gasteiger partial charge in [-0.25, -0.2) is 0 Å². The van der Waals surface area contributed by atoms with E-state index in [1.54, 1.807) is 36.4 Å². The molecule has 2 aromatic rings. The molecule has 0 aromatic heterocycles. The first kappa shape index (κ1) is 15.0. The molecule has 0 unspecified atom stereocenters. The van der Waals surface area contributed by atoms with Gasteiger partial charge < -0.3 is 17.6 Å². The molecule has 2 nitrogen and oxygen atoms in total. The lowest BCUT2D eigenvalue weighted by atomic mass is 10.0. The number of rotatable bonds is 3. The predicted octanol–water partition coefficient (Wildman–Crippen LogP) is 4.75. The Bertz CT molecular complexity index is 728. The van der Waals surface area contributed by atoms with Crippen LogP contribution in [-0.4, -0.2) is 12.9 Å². The van der Waals surface area contributed by atoms with Crippen LogP contribution in [0.4, 0.5) is 8.63 Å². The second-order valence-corrected chi connectivity index (χ2v) is 5.40. The number of ketones is 1. The van der Waals surface area contributed by atoms with E-state index in [0.717, 1.165) is 5.56 Å². The lowest BCUT2D eigenvalue weighted by Crippen LogP contribution is -2.30. The van der Waals surface area contributed by atoms with Gasteiger partial charge in [-0.1, -0.05) is 58.4 Å². The molecule has 22 heavy (non-hydrogen) atoms. The summed E-state index contributed by atoms with van der Waals surface area (Å²) in [7, 11) is -4.38. The Labute approximate surface area is 135 Å². The molecule has 0 radical (unpaired) electrons. The van der Waals surface area contributed by atoms with Crippen molar-refractivity contribution in [3.8, 4) is 0 Å². The van der Waals surface area contributed by atoms with Gasteiger partial charge in [0.25, 0.3) is 5.78 Å². The summed E-state index contributed by atoms with van der Waals surface area (Å²) in [6.45, 7) is 0. The first-order valence-electron chi connectivity index (χ1n) is 6.75. The van der Waals surface area contributed by atoms with E-state index in [9.17, 15) is 8.63 Å². The summed E-state index contributed by atoms with van der Waals surface area (Å²) in [5, 5.41) is 0.706. The molecular weight excluding hydrogens is 353 g/mol. The minimum absolute atomic E-state index is 0.108. The Balaban J connectivity index is 2.00. The number of carbonyl (C=O) groups excluding carboxylic acids is 1. The first-order valence-corrected chi connectivity index (χ1v) is 7.87. The zero-order valence-electron chi connectivity index (χ0n) is 11.5. The topological polar surface area (TPSA) is 20.5 Å². The SMILES string of the molecule is F[B-]1(F)OC(c2ccc(CBr)cc2)=CC(c2ccccc2)=[O+]1. The Morgan fingerprint density at radius 3 is 2.27 bits per heavy atom. The lowest BCUT2D eigenvalue weighted by Gasteiger charge is -2.20.